The van der Waals surface area contributed by atoms with Crippen LogP contribution in [0.5, 0.6) is 0 Å². The Labute approximate surface area is 200 Å². The summed E-state index contributed by atoms with van der Waals surface area (Å²) in [5.74, 6) is -0.978. The summed E-state index contributed by atoms with van der Waals surface area (Å²) in [4.78, 5) is 31.6. The lowest BCUT2D eigenvalue weighted by Crippen LogP contribution is -2.36. The molecule has 7 nitrogen and oxygen atoms in total. The molecule has 1 fully saturated rings. The molecule has 2 aromatic carbocycles. The van der Waals surface area contributed by atoms with Crippen molar-refractivity contribution in [1.29, 1.82) is 0 Å². The normalized spacial score (nSPS) is 18.2. The van der Waals surface area contributed by atoms with Crippen LogP contribution in [-0.4, -0.2) is 57.2 Å². The largest absolute Gasteiger partial charge is 0.393 e. The Hall–Kier alpha value is -3.40. The van der Waals surface area contributed by atoms with Crippen molar-refractivity contribution < 1.29 is 27.9 Å². The molecule has 0 bridgehead atoms. The number of rotatable bonds is 7. The molecule has 186 valence electrons. The smallest absolute Gasteiger partial charge is 0.263 e. The summed E-state index contributed by atoms with van der Waals surface area (Å²) in [5.41, 5.74) is -0.596. The van der Waals surface area contributed by atoms with E-state index in [1.54, 1.807) is 30.1 Å². The van der Waals surface area contributed by atoms with Crippen LogP contribution >= 0.6 is 0 Å². The molecule has 2 N–H and O–H groups in total. The highest BCUT2D eigenvalue weighted by Gasteiger charge is 2.30. The van der Waals surface area contributed by atoms with Gasteiger partial charge in [0.15, 0.2) is 0 Å². The Morgan fingerprint density at radius 1 is 1.29 bits per heavy atom. The van der Waals surface area contributed by atoms with E-state index in [1.165, 1.54) is 29.7 Å². The van der Waals surface area contributed by atoms with Crippen molar-refractivity contribution in [2.45, 2.75) is 44.3 Å². The number of carbonyl (C=O) groups excluding carboxylic acids is 2. The van der Waals surface area contributed by atoms with Crippen molar-refractivity contribution in [3.63, 3.8) is 0 Å². The van der Waals surface area contributed by atoms with Crippen LogP contribution in [0.4, 0.5) is 19.1 Å². The number of hydrogen-bond acceptors (Lipinski definition) is 4. The fraction of sp³-hybridized carbons (Fsp3) is 0.400. The number of likely N-dealkylation sites (N-methyl/N-ethyl adjacent to an activating group) is 1. The first-order chi connectivity index (χ1) is 16.6. The van der Waals surface area contributed by atoms with Gasteiger partial charge >= 0.3 is 0 Å². The van der Waals surface area contributed by atoms with Gasteiger partial charge in [0.2, 0.25) is 11.9 Å². The summed E-state index contributed by atoms with van der Waals surface area (Å²) in [6, 6.07) is 10.3. The lowest BCUT2D eigenvalue weighted by Gasteiger charge is -2.29. The zero-order valence-electron chi connectivity index (χ0n) is 19.5. The van der Waals surface area contributed by atoms with Gasteiger partial charge in [0.25, 0.3) is 12.3 Å². The molecule has 2 amide bonds. The van der Waals surface area contributed by atoms with Gasteiger partial charge in [0, 0.05) is 24.7 Å². The van der Waals surface area contributed by atoms with E-state index in [0.29, 0.717) is 24.0 Å². The van der Waals surface area contributed by atoms with Crippen LogP contribution in [0.1, 0.15) is 53.6 Å². The van der Waals surface area contributed by atoms with E-state index in [2.05, 4.69) is 10.3 Å². The van der Waals surface area contributed by atoms with Gasteiger partial charge in [-0.1, -0.05) is 18.2 Å². The van der Waals surface area contributed by atoms with Crippen LogP contribution in [0.3, 0.4) is 0 Å². The van der Waals surface area contributed by atoms with E-state index >= 15 is 0 Å². The molecule has 35 heavy (non-hydrogen) atoms. The Morgan fingerprint density at radius 3 is 2.77 bits per heavy atom. The molecular weight excluding hydrogens is 461 g/mol. The van der Waals surface area contributed by atoms with Crippen molar-refractivity contribution in [2.24, 2.45) is 0 Å². The summed E-state index contributed by atoms with van der Waals surface area (Å²) in [6.07, 6.45) is -1.16. The monoisotopic (exact) mass is 488 g/mol. The molecule has 3 aromatic rings. The first kappa shape index (κ1) is 24.7. The van der Waals surface area contributed by atoms with Crippen LogP contribution in [0.2, 0.25) is 0 Å². The van der Waals surface area contributed by atoms with Crippen LogP contribution in [0.25, 0.3) is 11.0 Å². The first-order valence-corrected chi connectivity index (χ1v) is 11.3. The molecule has 0 saturated carbocycles. The third-order valence-electron chi connectivity index (χ3n) is 6.28. The van der Waals surface area contributed by atoms with Crippen molar-refractivity contribution in [3.8, 4) is 0 Å². The van der Waals surface area contributed by atoms with Gasteiger partial charge in [-0.15, -0.1) is 0 Å². The van der Waals surface area contributed by atoms with Crippen molar-refractivity contribution >= 4 is 28.8 Å². The average molecular weight is 489 g/mol. The maximum absolute atomic E-state index is 14.8. The second kappa shape index (κ2) is 9.69. The number of anilines is 1. The number of nitrogens with one attached hydrogen (secondary N) is 1. The number of benzene rings is 2. The van der Waals surface area contributed by atoms with Crippen molar-refractivity contribution in [3.05, 3.63) is 59.2 Å². The van der Waals surface area contributed by atoms with E-state index in [0.717, 1.165) is 18.1 Å². The van der Waals surface area contributed by atoms with Crippen LogP contribution in [-0.2, 0) is 11.3 Å². The topological polar surface area (TPSA) is 87.5 Å². The number of hydrogen-bond donors (Lipinski definition) is 2. The molecule has 2 atom stereocenters. The Bertz CT molecular complexity index is 1260. The maximum atomic E-state index is 14.8. The van der Waals surface area contributed by atoms with Crippen LogP contribution in [0.15, 0.2) is 42.5 Å². The minimum absolute atomic E-state index is 0.00287. The molecule has 1 aromatic heterocycles. The molecule has 1 aliphatic heterocycles. The lowest BCUT2D eigenvalue weighted by atomic mass is 9.90. The number of aliphatic hydroxyl groups excluding tert-OH is 1. The van der Waals surface area contributed by atoms with Gasteiger partial charge in [-0.05, 0) is 49.6 Å². The number of nitrogens with zero attached hydrogens (tertiary/aromatic N) is 3. The number of aromatic nitrogens is 2. The molecule has 0 radical (unpaired) electrons. The summed E-state index contributed by atoms with van der Waals surface area (Å²) in [6.45, 7) is 0.863. The van der Waals surface area contributed by atoms with Gasteiger partial charge < -0.3 is 14.6 Å². The van der Waals surface area contributed by atoms with E-state index in [4.69, 9.17) is 0 Å². The first-order valence-electron chi connectivity index (χ1n) is 11.3. The Morgan fingerprint density at radius 2 is 2.06 bits per heavy atom. The van der Waals surface area contributed by atoms with Crippen molar-refractivity contribution in [2.75, 3.05) is 25.5 Å². The van der Waals surface area contributed by atoms with Crippen molar-refractivity contribution in [1.82, 2.24) is 14.5 Å². The average Bonchev–Trinajstić information content (AvgIpc) is 3.16. The van der Waals surface area contributed by atoms with E-state index in [1.807, 2.05) is 0 Å². The third kappa shape index (κ3) is 5.17. The predicted octanol–water partition coefficient (Wildman–Crippen LogP) is 4.28. The third-order valence-corrected chi connectivity index (χ3v) is 6.28. The second-order valence-electron chi connectivity index (χ2n) is 9.18. The van der Waals surface area contributed by atoms with Gasteiger partial charge in [-0.2, -0.15) is 0 Å². The van der Waals surface area contributed by atoms with Gasteiger partial charge in [0.1, 0.15) is 5.67 Å². The number of aliphatic hydroxyl groups is 1. The number of alkyl halides is 3. The highest BCUT2D eigenvalue weighted by atomic mass is 19.3. The standard InChI is InChI=1S/C25H27F3N4O3/c1-25(28,14-33)13-32-20-9-8-15(18-7-4-10-31(2)23(18)35)12-19(20)29-24(32)30-22(34)17-6-3-5-16(11-17)21(26)27/h3,5-6,8-9,11-12,18,21,33H,4,7,10,13-14H2,1-2H3,(H,29,30,34)/t18-,25?/m0/s1. The van der Waals surface area contributed by atoms with Crippen LogP contribution in [0, 0.1) is 0 Å². The molecule has 0 spiro atoms. The number of halogens is 3. The molecule has 1 saturated heterocycles. The molecule has 1 unspecified atom stereocenters. The van der Waals surface area contributed by atoms with Gasteiger partial charge in [-0.25, -0.2) is 18.2 Å². The molecule has 2 heterocycles. The second-order valence-corrected chi connectivity index (χ2v) is 9.18. The van der Waals surface area contributed by atoms with Gasteiger partial charge in [-0.3, -0.25) is 14.9 Å². The molecule has 10 heteroatoms. The zero-order valence-corrected chi connectivity index (χ0v) is 19.5. The predicted molar refractivity (Wildman–Crippen MR) is 125 cm³/mol. The van der Waals surface area contributed by atoms with E-state index in [9.17, 15) is 27.9 Å². The number of likely N-dealkylation sites (tertiary alicyclic amines) is 1. The maximum Gasteiger partial charge on any atom is 0.263 e. The Kier molecular flexibility index (Phi) is 6.84. The fourth-order valence-electron chi connectivity index (χ4n) is 4.33. The summed E-state index contributed by atoms with van der Waals surface area (Å²) in [5, 5.41) is 12.0. The summed E-state index contributed by atoms with van der Waals surface area (Å²) < 4.78 is 42.4. The number of amides is 2. The number of imidazole rings is 1. The highest BCUT2D eigenvalue weighted by Crippen LogP contribution is 2.32. The molecule has 4 rings (SSSR count). The molecule has 1 aliphatic rings. The zero-order chi connectivity index (χ0) is 25.3. The quantitative estimate of drug-likeness (QED) is 0.520. The highest BCUT2D eigenvalue weighted by molar-refractivity contribution is 6.04. The Balaban J connectivity index is 1.72. The van der Waals surface area contributed by atoms with E-state index < -0.39 is 24.6 Å². The van der Waals surface area contributed by atoms with Crippen LogP contribution < -0.4 is 5.32 Å². The lowest BCUT2D eigenvalue weighted by molar-refractivity contribution is -0.133. The number of carbonyl (C=O) groups is 2. The van der Waals surface area contributed by atoms with Gasteiger partial charge in [0.05, 0.1) is 30.1 Å². The number of fused-ring (bicyclic) bond motifs is 1. The number of piperidine rings is 1. The van der Waals surface area contributed by atoms with E-state index in [-0.39, 0.29) is 35.4 Å². The molecular formula is C25H27F3N4O3. The summed E-state index contributed by atoms with van der Waals surface area (Å²) >= 11 is 0. The SMILES string of the molecule is CN1CCC[C@@H](c2ccc3c(c2)nc(NC(=O)c2cccc(C(F)F)c2)n3CC(C)(F)CO)C1=O. The summed E-state index contributed by atoms with van der Waals surface area (Å²) in [7, 11) is 1.76. The minimum atomic E-state index is -2.73. The minimum Gasteiger partial charge on any atom is -0.393 e. The fourth-order valence-corrected chi connectivity index (χ4v) is 4.33. The molecule has 0 aliphatic carbocycles.